The smallest absolute Gasteiger partial charge is 0.232 e. The van der Waals surface area contributed by atoms with Crippen LogP contribution in [0.25, 0.3) is 0 Å². The minimum atomic E-state index is 0.147. The number of nitrogens with zero attached hydrogens (tertiary/aromatic N) is 4. The number of carbonyl (C=O) groups excluding carboxylic acids is 1. The van der Waals surface area contributed by atoms with Gasteiger partial charge in [0.1, 0.15) is 0 Å². The van der Waals surface area contributed by atoms with Crippen LogP contribution in [0.1, 0.15) is 50.2 Å². The van der Waals surface area contributed by atoms with Crippen molar-refractivity contribution >= 4 is 17.7 Å². The van der Waals surface area contributed by atoms with Gasteiger partial charge in [-0.25, -0.2) is 0 Å². The molecule has 128 valence electrons. The number of piperidine rings is 1. The summed E-state index contributed by atoms with van der Waals surface area (Å²) in [6, 6.07) is 3.84. The minimum absolute atomic E-state index is 0.147. The van der Waals surface area contributed by atoms with E-state index < -0.39 is 0 Å². The molecule has 24 heavy (non-hydrogen) atoms. The lowest BCUT2D eigenvalue weighted by Crippen LogP contribution is -2.40. The third kappa shape index (κ3) is 4.14. The van der Waals surface area contributed by atoms with Crippen molar-refractivity contribution in [1.29, 1.82) is 0 Å². The number of rotatable bonds is 5. The Bertz CT molecular complexity index is 674. The molecule has 7 heteroatoms. The summed E-state index contributed by atoms with van der Waals surface area (Å²) in [5.41, 5.74) is 0. The van der Waals surface area contributed by atoms with E-state index in [2.05, 4.69) is 15.1 Å². The van der Waals surface area contributed by atoms with Gasteiger partial charge < -0.3 is 9.42 Å². The van der Waals surface area contributed by atoms with Crippen LogP contribution in [-0.4, -0.2) is 44.8 Å². The Balaban J connectivity index is 1.57. The molecule has 0 spiro atoms. The summed E-state index contributed by atoms with van der Waals surface area (Å²) in [6.45, 7) is 5.55. The Morgan fingerprint density at radius 2 is 2.21 bits per heavy atom. The van der Waals surface area contributed by atoms with E-state index in [-0.39, 0.29) is 17.7 Å². The molecule has 1 fully saturated rings. The van der Waals surface area contributed by atoms with Crippen molar-refractivity contribution in [1.82, 2.24) is 20.0 Å². The highest BCUT2D eigenvalue weighted by Gasteiger charge is 2.28. The van der Waals surface area contributed by atoms with Gasteiger partial charge in [-0.1, -0.05) is 19.0 Å². The van der Waals surface area contributed by atoms with E-state index in [0.717, 1.165) is 30.1 Å². The van der Waals surface area contributed by atoms with Crippen molar-refractivity contribution in [3.63, 3.8) is 0 Å². The van der Waals surface area contributed by atoms with Crippen LogP contribution in [-0.2, 0) is 4.79 Å². The Morgan fingerprint density at radius 1 is 1.42 bits per heavy atom. The molecule has 1 saturated heterocycles. The van der Waals surface area contributed by atoms with Crippen LogP contribution in [0.2, 0.25) is 0 Å². The molecule has 1 aliphatic heterocycles. The van der Waals surface area contributed by atoms with E-state index in [0.29, 0.717) is 18.2 Å². The summed E-state index contributed by atoms with van der Waals surface area (Å²) in [5.74, 6) is 2.40. The van der Waals surface area contributed by atoms with Crippen molar-refractivity contribution in [3.05, 3.63) is 36.2 Å². The van der Waals surface area contributed by atoms with E-state index in [1.807, 2.05) is 30.9 Å². The number of thioether (sulfide) groups is 1. The number of pyridine rings is 1. The van der Waals surface area contributed by atoms with Crippen molar-refractivity contribution in [2.75, 3.05) is 18.8 Å². The van der Waals surface area contributed by atoms with Crippen LogP contribution >= 0.6 is 11.8 Å². The number of hydrogen-bond donors (Lipinski definition) is 0. The van der Waals surface area contributed by atoms with Gasteiger partial charge >= 0.3 is 0 Å². The SMILES string of the molecule is CC(C)c1noc([C@@H]2CCCN(C(=O)CSc3ccncc3)C2)n1. The molecular weight excluding hydrogens is 324 g/mol. The summed E-state index contributed by atoms with van der Waals surface area (Å²) in [7, 11) is 0. The first kappa shape index (κ1) is 17.0. The first-order chi connectivity index (χ1) is 11.6. The topological polar surface area (TPSA) is 72.1 Å². The summed E-state index contributed by atoms with van der Waals surface area (Å²) in [4.78, 5) is 23.9. The Kier molecular flexibility index (Phi) is 5.50. The first-order valence-electron chi connectivity index (χ1n) is 8.27. The molecule has 0 bridgehead atoms. The number of amides is 1. The van der Waals surface area contributed by atoms with Crippen LogP contribution in [0, 0.1) is 0 Å². The molecule has 1 aliphatic rings. The minimum Gasteiger partial charge on any atom is -0.341 e. The fourth-order valence-electron chi connectivity index (χ4n) is 2.72. The zero-order chi connectivity index (χ0) is 16.9. The van der Waals surface area contributed by atoms with Gasteiger partial charge in [0.25, 0.3) is 0 Å². The zero-order valence-electron chi connectivity index (χ0n) is 14.0. The number of likely N-dealkylation sites (tertiary alicyclic amines) is 1. The predicted molar refractivity (Wildman–Crippen MR) is 91.9 cm³/mol. The Morgan fingerprint density at radius 3 is 2.92 bits per heavy atom. The lowest BCUT2D eigenvalue weighted by Gasteiger charge is -2.31. The van der Waals surface area contributed by atoms with E-state index in [1.54, 1.807) is 24.2 Å². The molecular formula is C17H22N4O2S. The first-order valence-corrected chi connectivity index (χ1v) is 9.26. The number of aromatic nitrogens is 3. The number of hydrogen-bond acceptors (Lipinski definition) is 6. The van der Waals surface area contributed by atoms with E-state index in [4.69, 9.17) is 4.52 Å². The molecule has 2 aromatic rings. The molecule has 1 atom stereocenters. The lowest BCUT2D eigenvalue weighted by atomic mass is 9.98. The van der Waals surface area contributed by atoms with Crippen molar-refractivity contribution < 1.29 is 9.32 Å². The number of carbonyl (C=O) groups is 1. The quantitative estimate of drug-likeness (QED) is 0.775. The van der Waals surface area contributed by atoms with Crippen LogP contribution in [0.5, 0.6) is 0 Å². The van der Waals surface area contributed by atoms with Gasteiger partial charge in [-0.3, -0.25) is 9.78 Å². The molecule has 3 rings (SSSR count). The summed E-state index contributed by atoms with van der Waals surface area (Å²) >= 11 is 1.54. The van der Waals surface area contributed by atoms with Crippen molar-refractivity contribution in [2.45, 2.75) is 43.4 Å². The highest BCUT2D eigenvalue weighted by atomic mass is 32.2. The highest BCUT2D eigenvalue weighted by Crippen LogP contribution is 2.27. The fourth-order valence-corrected chi connectivity index (χ4v) is 3.51. The second-order valence-corrected chi connectivity index (χ2v) is 7.34. The van der Waals surface area contributed by atoms with Gasteiger partial charge in [0.2, 0.25) is 11.8 Å². The van der Waals surface area contributed by atoms with Gasteiger partial charge in [0.05, 0.1) is 11.7 Å². The summed E-state index contributed by atoms with van der Waals surface area (Å²) in [6.07, 6.45) is 5.44. The van der Waals surface area contributed by atoms with Crippen molar-refractivity contribution in [2.24, 2.45) is 0 Å². The van der Waals surface area contributed by atoms with E-state index >= 15 is 0 Å². The van der Waals surface area contributed by atoms with Crippen LogP contribution in [0.3, 0.4) is 0 Å². The lowest BCUT2D eigenvalue weighted by molar-refractivity contribution is -0.129. The second-order valence-electron chi connectivity index (χ2n) is 6.30. The molecule has 6 nitrogen and oxygen atoms in total. The summed E-state index contributed by atoms with van der Waals surface area (Å²) < 4.78 is 5.41. The second kappa shape index (κ2) is 7.79. The standard InChI is InChI=1S/C17H22N4O2S/c1-12(2)16-19-17(23-20-16)13-4-3-9-21(10-13)15(22)11-24-14-5-7-18-8-6-14/h5-8,12-13H,3-4,9-11H2,1-2H3/t13-/m1/s1. The maximum absolute atomic E-state index is 12.5. The fraction of sp³-hybridized carbons (Fsp3) is 0.529. The maximum Gasteiger partial charge on any atom is 0.232 e. The van der Waals surface area contributed by atoms with E-state index in [1.165, 1.54) is 0 Å². The molecule has 2 aromatic heterocycles. The molecule has 0 aromatic carbocycles. The van der Waals surface area contributed by atoms with Crippen molar-refractivity contribution in [3.8, 4) is 0 Å². The third-order valence-electron chi connectivity index (χ3n) is 4.11. The largest absolute Gasteiger partial charge is 0.341 e. The van der Waals surface area contributed by atoms with E-state index in [9.17, 15) is 4.79 Å². The van der Waals surface area contributed by atoms with Gasteiger partial charge in [-0.2, -0.15) is 4.98 Å². The molecule has 1 amide bonds. The molecule has 0 saturated carbocycles. The van der Waals surface area contributed by atoms with Crippen LogP contribution < -0.4 is 0 Å². The van der Waals surface area contributed by atoms with Crippen LogP contribution in [0.15, 0.2) is 33.9 Å². The normalized spacial score (nSPS) is 18.1. The zero-order valence-corrected chi connectivity index (χ0v) is 14.8. The molecule has 0 unspecified atom stereocenters. The molecule has 0 aliphatic carbocycles. The average Bonchev–Trinajstić information content (AvgIpc) is 3.11. The van der Waals surface area contributed by atoms with Gasteiger partial charge in [0.15, 0.2) is 5.82 Å². The summed E-state index contributed by atoms with van der Waals surface area (Å²) in [5, 5.41) is 4.04. The highest BCUT2D eigenvalue weighted by molar-refractivity contribution is 8.00. The molecule has 3 heterocycles. The average molecular weight is 346 g/mol. The monoisotopic (exact) mass is 346 g/mol. The maximum atomic E-state index is 12.5. The Hall–Kier alpha value is -1.89. The molecule has 0 radical (unpaired) electrons. The van der Waals surface area contributed by atoms with Gasteiger partial charge in [-0.15, -0.1) is 11.8 Å². The Labute approximate surface area is 146 Å². The van der Waals surface area contributed by atoms with Gasteiger partial charge in [-0.05, 0) is 25.0 Å². The predicted octanol–water partition coefficient (Wildman–Crippen LogP) is 3.09. The third-order valence-corrected chi connectivity index (χ3v) is 5.11. The van der Waals surface area contributed by atoms with Crippen LogP contribution in [0.4, 0.5) is 0 Å². The van der Waals surface area contributed by atoms with Gasteiger partial charge in [0, 0.05) is 36.3 Å². The molecule has 0 N–H and O–H groups in total.